The third-order valence-electron chi connectivity index (χ3n) is 2.13. The number of hydrogen-bond acceptors (Lipinski definition) is 3. The van der Waals surface area contributed by atoms with Gasteiger partial charge >= 0.3 is 5.97 Å². The molecule has 84 valence electrons. The molecule has 0 spiro atoms. The smallest absolute Gasteiger partial charge is 0.309 e. The molecule has 0 amide bonds. The summed E-state index contributed by atoms with van der Waals surface area (Å²) in [6.45, 7) is 1.34. The molecule has 0 saturated heterocycles. The summed E-state index contributed by atoms with van der Waals surface area (Å²) < 4.78 is 25.3. The van der Waals surface area contributed by atoms with Crippen molar-refractivity contribution in [3.8, 4) is 6.07 Å². The lowest BCUT2D eigenvalue weighted by molar-refractivity contribution is -0.136. The summed E-state index contributed by atoms with van der Waals surface area (Å²) in [5.74, 6) is -1.15. The first-order valence-electron chi connectivity index (χ1n) is 4.35. The lowest BCUT2D eigenvalue weighted by atomic mass is 10.0. The molecule has 6 heteroatoms. The lowest BCUT2D eigenvalue weighted by Gasteiger charge is -2.09. The molecule has 1 rings (SSSR count). The van der Waals surface area contributed by atoms with Gasteiger partial charge in [0.25, 0.3) is 6.43 Å². The maximum absolute atomic E-state index is 12.7. The second-order valence-corrected chi connectivity index (χ2v) is 3.14. The topological polar surface area (TPSA) is 74.0 Å². The number of carboxylic acids is 1. The number of aromatic nitrogens is 1. The first-order valence-corrected chi connectivity index (χ1v) is 4.35. The molecule has 0 atom stereocenters. The summed E-state index contributed by atoms with van der Waals surface area (Å²) in [6.07, 6.45) is -2.27. The number of pyridine rings is 1. The van der Waals surface area contributed by atoms with E-state index in [1.165, 1.54) is 6.92 Å². The predicted octanol–water partition coefficient (Wildman–Crippen LogP) is 1.83. The number of alkyl halides is 2. The molecule has 0 bridgehead atoms. The van der Waals surface area contributed by atoms with Crippen LogP contribution in [0, 0.1) is 18.3 Å². The summed E-state index contributed by atoms with van der Waals surface area (Å²) in [7, 11) is 0. The van der Waals surface area contributed by atoms with Gasteiger partial charge in [0.1, 0.15) is 6.07 Å². The van der Waals surface area contributed by atoms with Gasteiger partial charge in [0.15, 0.2) is 0 Å². The van der Waals surface area contributed by atoms with Gasteiger partial charge in [-0.2, -0.15) is 5.26 Å². The van der Waals surface area contributed by atoms with E-state index in [2.05, 4.69) is 4.98 Å². The minimum absolute atomic E-state index is 0.0572. The van der Waals surface area contributed by atoms with Crippen LogP contribution in [0.25, 0.3) is 0 Å². The number of rotatable bonds is 3. The van der Waals surface area contributed by atoms with Crippen molar-refractivity contribution in [2.45, 2.75) is 19.8 Å². The molecule has 4 nitrogen and oxygen atoms in total. The van der Waals surface area contributed by atoms with Crippen molar-refractivity contribution >= 4 is 5.97 Å². The van der Waals surface area contributed by atoms with Crippen LogP contribution >= 0.6 is 0 Å². The van der Waals surface area contributed by atoms with Crippen LogP contribution in [-0.4, -0.2) is 16.1 Å². The Morgan fingerprint density at radius 2 is 2.31 bits per heavy atom. The van der Waals surface area contributed by atoms with Crippen molar-refractivity contribution in [3.05, 3.63) is 28.6 Å². The molecule has 0 radical (unpaired) electrons. The van der Waals surface area contributed by atoms with E-state index >= 15 is 0 Å². The Hall–Kier alpha value is -2.03. The summed E-state index contributed by atoms with van der Waals surface area (Å²) >= 11 is 0. The molecule has 0 unspecified atom stereocenters. The lowest BCUT2D eigenvalue weighted by Crippen LogP contribution is -2.08. The van der Waals surface area contributed by atoms with Crippen LogP contribution in [0.3, 0.4) is 0 Å². The minimum atomic E-state index is -2.81. The number of nitriles is 1. The zero-order chi connectivity index (χ0) is 12.3. The third kappa shape index (κ3) is 2.31. The highest BCUT2D eigenvalue weighted by Crippen LogP contribution is 2.27. The number of aliphatic carboxylic acids is 1. The normalized spacial score (nSPS) is 10.2. The number of hydrogen-bond donors (Lipinski definition) is 1. The molecule has 1 aromatic heterocycles. The van der Waals surface area contributed by atoms with E-state index in [9.17, 15) is 13.6 Å². The van der Waals surface area contributed by atoms with Crippen LogP contribution in [-0.2, 0) is 11.2 Å². The Bertz CT molecular complexity index is 467. The Labute approximate surface area is 90.2 Å². The second kappa shape index (κ2) is 4.66. The molecule has 0 aliphatic carbocycles. The average Bonchev–Trinajstić information content (AvgIpc) is 2.19. The van der Waals surface area contributed by atoms with Gasteiger partial charge in [-0.3, -0.25) is 9.78 Å². The van der Waals surface area contributed by atoms with Crippen LogP contribution in [0.2, 0.25) is 0 Å². The molecule has 0 saturated carbocycles. The fourth-order valence-electron chi connectivity index (χ4n) is 1.36. The van der Waals surface area contributed by atoms with E-state index in [-0.39, 0.29) is 16.8 Å². The summed E-state index contributed by atoms with van der Waals surface area (Å²) in [4.78, 5) is 14.2. The van der Waals surface area contributed by atoms with E-state index in [1.54, 1.807) is 6.07 Å². The molecular formula is C10H8F2N2O2. The van der Waals surface area contributed by atoms with Gasteiger partial charge < -0.3 is 5.11 Å². The van der Waals surface area contributed by atoms with E-state index in [0.29, 0.717) is 0 Å². The van der Waals surface area contributed by atoms with Gasteiger partial charge in [0, 0.05) is 11.8 Å². The summed E-state index contributed by atoms with van der Waals surface area (Å²) in [5.41, 5.74) is -0.534. The van der Waals surface area contributed by atoms with Crippen molar-refractivity contribution in [3.63, 3.8) is 0 Å². The van der Waals surface area contributed by atoms with E-state index in [4.69, 9.17) is 10.4 Å². The van der Waals surface area contributed by atoms with Gasteiger partial charge in [0.05, 0.1) is 17.7 Å². The molecule has 0 aliphatic rings. The van der Waals surface area contributed by atoms with Crippen molar-refractivity contribution in [2.24, 2.45) is 0 Å². The second-order valence-electron chi connectivity index (χ2n) is 3.14. The molecule has 0 aliphatic heterocycles. The minimum Gasteiger partial charge on any atom is -0.481 e. The van der Waals surface area contributed by atoms with Gasteiger partial charge in [-0.15, -0.1) is 0 Å². The Morgan fingerprint density at radius 3 is 2.75 bits per heavy atom. The molecule has 0 fully saturated rings. The van der Waals surface area contributed by atoms with Gasteiger partial charge in [-0.1, -0.05) is 0 Å². The maximum atomic E-state index is 12.7. The van der Waals surface area contributed by atoms with Gasteiger partial charge in [-0.25, -0.2) is 8.78 Å². The van der Waals surface area contributed by atoms with Gasteiger partial charge in [-0.05, 0) is 12.5 Å². The highest BCUT2D eigenvalue weighted by molar-refractivity contribution is 5.70. The average molecular weight is 226 g/mol. The van der Waals surface area contributed by atoms with Crippen molar-refractivity contribution < 1.29 is 18.7 Å². The standard InChI is InChI=1S/C10H8F2N2O2/c1-5-7(2-8(15)16)14-4-6(3-13)9(5)10(11)12/h4,10H,2H2,1H3,(H,15,16). The van der Waals surface area contributed by atoms with Crippen LogP contribution in [0.5, 0.6) is 0 Å². The first kappa shape index (κ1) is 12.0. The molecule has 1 aromatic rings. The molecular weight excluding hydrogens is 218 g/mol. The monoisotopic (exact) mass is 226 g/mol. The van der Waals surface area contributed by atoms with Crippen molar-refractivity contribution in [1.82, 2.24) is 4.98 Å². The summed E-state index contributed by atoms with van der Waals surface area (Å²) in [5, 5.41) is 17.2. The molecule has 0 aromatic carbocycles. The summed E-state index contributed by atoms with van der Waals surface area (Å²) in [6, 6.07) is 1.61. The number of carbonyl (C=O) groups is 1. The largest absolute Gasteiger partial charge is 0.481 e. The quantitative estimate of drug-likeness (QED) is 0.853. The molecule has 16 heavy (non-hydrogen) atoms. The highest BCUT2D eigenvalue weighted by atomic mass is 19.3. The van der Waals surface area contributed by atoms with Crippen molar-refractivity contribution in [1.29, 1.82) is 5.26 Å². The first-order chi connectivity index (χ1) is 7.47. The van der Waals surface area contributed by atoms with Gasteiger partial charge in [0.2, 0.25) is 0 Å². The highest BCUT2D eigenvalue weighted by Gasteiger charge is 2.20. The fraction of sp³-hybridized carbons (Fsp3) is 0.300. The zero-order valence-electron chi connectivity index (χ0n) is 8.37. The van der Waals surface area contributed by atoms with Crippen LogP contribution in [0.15, 0.2) is 6.20 Å². The molecule has 1 N–H and O–H groups in total. The number of halogens is 2. The maximum Gasteiger partial charge on any atom is 0.309 e. The van der Waals surface area contributed by atoms with E-state index in [1.807, 2.05) is 0 Å². The SMILES string of the molecule is Cc1c(CC(=O)O)ncc(C#N)c1C(F)F. The van der Waals surface area contributed by atoms with Crippen LogP contribution < -0.4 is 0 Å². The van der Waals surface area contributed by atoms with Crippen LogP contribution in [0.1, 0.15) is 28.8 Å². The zero-order valence-corrected chi connectivity index (χ0v) is 8.37. The van der Waals surface area contributed by atoms with E-state index < -0.39 is 24.4 Å². The Morgan fingerprint density at radius 1 is 1.69 bits per heavy atom. The van der Waals surface area contributed by atoms with E-state index in [0.717, 1.165) is 6.20 Å². The predicted molar refractivity (Wildman–Crippen MR) is 50.0 cm³/mol. The third-order valence-corrected chi connectivity index (χ3v) is 2.13. The fourth-order valence-corrected chi connectivity index (χ4v) is 1.36. The Kier molecular flexibility index (Phi) is 3.51. The Balaban J connectivity index is 3.33. The number of nitrogens with zero attached hydrogens (tertiary/aromatic N) is 2. The van der Waals surface area contributed by atoms with Crippen molar-refractivity contribution in [2.75, 3.05) is 0 Å². The van der Waals surface area contributed by atoms with Crippen LogP contribution in [0.4, 0.5) is 8.78 Å². The molecule has 1 heterocycles. The number of carboxylic acid groups (broad SMARTS) is 1.